The van der Waals surface area contributed by atoms with Crippen LogP contribution in [0.2, 0.25) is 0 Å². The van der Waals surface area contributed by atoms with E-state index in [1.54, 1.807) is 4.98 Å². The third-order valence-electron chi connectivity index (χ3n) is 3.02. The molecule has 0 fully saturated rings. The minimum absolute atomic E-state index is 0.00866. The van der Waals surface area contributed by atoms with Crippen LogP contribution in [0, 0.1) is 5.82 Å². The van der Waals surface area contributed by atoms with Gasteiger partial charge in [0.2, 0.25) is 0 Å². The number of aromatic amines is 1. The molecule has 0 saturated carbocycles. The summed E-state index contributed by atoms with van der Waals surface area (Å²) in [5, 5.41) is 0. The van der Waals surface area contributed by atoms with E-state index in [1.165, 1.54) is 0 Å². The molecule has 4 nitrogen and oxygen atoms in total. The summed E-state index contributed by atoms with van der Waals surface area (Å²) in [6.07, 6.45) is -9.94. The third-order valence-corrected chi connectivity index (χ3v) is 3.59. The maximum atomic E-state index is 14.0. The van der Waals surface area contributed by atoms with Crippen LogP contribution in [0.5, 0.6) is 0 Å². The molecule has 2 aromatic rings. The predicted molar refractivity (Wildman–Crippen MR) is 73.0 cm³/mol. The van der Waals surface area contributed by atoms with Crippen molar-refractivity contribution in [2.24, 2.45) is 0 Å². The molecule has 0 atom stereocenters. The van der Waals surface area contributed by atoms with E-state index in [0.717, 1.165) is 7.11 Å². The number of benzene rings is 1. The molecule has 0 aliphatic rings. The first-order valence-corrected chi connectivity index (χ1v) is 6.97. The number of rotatable bonds is 2. The fourth-order valence-electron chi connectivity index (χ4n) is 1.94. The number of imidazole rings is 1. The lowest BCUT2D eigenvalue weighted by atomic mass is 10.0. The molecular weight excluding hydrogens is 429 g/mol. The molecule has 12 heteroatoms. The molecule has 1 aromatic carbocycles. The number of nitrogens with zero attached hydrogens (tertiary/aromatic N) is 1. The number of ether oxygens (including phenoxy) is 1. The molecule has 0 aliphatic carbocycles. The van der Waals surface area contributed by atoms with Gasteiger partial charge < -0.3 is 9.72 Å². The Hall–Kier alpha value is -2.11. The van der Waals surface area contributed by atoms with Crippen molar-refractivity contribution >= 4 is 21.9 Å². The zero-order valence-corrected chi connectivity index (χ0v) is 13.5. The highest BCUT2D eigenvalue weighted by atomic mass is 79.9. The Bertz CT molecular complexity index is 827. The largest absolute Gasteiger partial charge is 0.465 e. The maximum Gasteiger partial charge on any atom is 0.433 e. The minimum atomic E-state index is -5.08. The van der Waals surface area contributed by atoms with Crippen LogP contribution in [0.4, 0.5) is 30.7 Å². The standard InChI is InChI=1S/C13H6BrF7N2O2/c1-25-11(24)4-2-5(7(15)3-6(4)12(16,17)18)10-22-8(9(14)23-10)13(19,20)21/h2-3H,1H3,(H,22,23). The lowest BCUT2D eigenvalue weighted by Crippen LogP contribution is -2.15. The number of hydrogen-bond donors (Lipinski definition) is 1. The lowest BCUT2D eigenvalue weighted by molar-refractivity contribution is -0.141. The number of aromatic nitrogens is 2. The van der Waals surface area contributed by atoms with E-state index in [9.17, 15) is 35.5 Å². The van der Waals surface area contributed by atoms with Crippen molar-refractivity contribution in [2.75, 3.05) is 7.11 Å². The van der Waals surface area contributed by atoms with Gasteiger partial charge in [0, 0.05) is 0 Å². The summed E-state index contributed by atoms with van der Waals surface area (Å²) in [4.78, 5) is 16.7. The molecule has 1 N–H and O–H groups in total. The van der Waals surface area contributed by atoms with Crippen LogP contribution in [0.15, 0.2) is 16.7 Å². The molecule has 25 heavy (non-hydrogen) atoms. The molecule has 0 saturated heterocycles. The van der Waals surface area contributed by atoms with Crippen molar-refractivity contribution in [1.29, 1.82) is 0 Å². The Morgan fingerprint density at radius 3 is 2.20 bits per heavy atom. The van der Waals surface area contributed by atoms with Gasteiger partial charge in [0.1, 0.15) is 16.2 Å². The Balaban J connectivity index is 2.70. The number of halogens is 8. The summed E-state index contributed by atoms with van der Waals surface area (Å²) in [7, 11) is 0.802. The molecule has 0 radical (unpaired) electrons. The summed E-state index contributed by atoms with van der Waals surface area (Å²) in [5.41, 5.74) is -4.80. The van der Waals surface area contributed by atoms with E-state index < -0.39 is 57.0 Å². The molecule has 0 amide bonds. The van der Waals surface area contributed by atoms with E-state index in [1.807, 2.05) is 0 Å². The van der Waals surface area contributed by atoms with Gasteiger partial charge in [-0.25, -0.2) is 14.2 Å². The van der Waals surface area contributed by atoms with Crippen molar-refractivity contribution in [1.82, 2.24) is 9.97 Å². The van der Waals surface area contributed by atoms with Crippen LogP contribution in [0.1, 0.15) is 21.6 Å². The van der Waals surface area contributed by atoms with Crippen LogP contribution >= 0.6 is 15.9 Å². The van der Waals surface area contributed by atoms with E-state index in [4.69, 9.17) is 0 Å². The Labute approximate surface area is 143 Å². The second kappa shape index (κ2) is 6.32. The summed E-state index contributed by atoms with van der Waals surface area (Å²) in [6.45, 7) is 0. The second-order valence-electron chi connectivity index (χ2n) is 4.62. The molecule has 0 spiro atoms. The summed E-state index contributed by atoms with van der Waals surface area (Å²) in [6, 6.07) is 0.417. The van der Waals surface area contributed by atoms with Crippen LogP contribution in [0.25, 0.3) is 11.4 Å². The Morgan fingerprint density at radius 1 is 1.16 bits per heavy atom. The Kier molecular flexibility index (Phi) is 4.86. The molecule has 0 aliphatic heterocycles. The highest BCUT2D eigenvalue weighted by Crippen LogP contribution is 2.38. The normalized spacial score (nSPS) is 12.4. The number of carbonyl (C=O) groups excluding carboxylic acids is 1. The van der Waals surface area contributed by atoms with Gasteiger partial charge in [0.15, 0.2) is 5.69 Å². The van der Waals surface area contributed by atoms with Gasteiger partial charge in [-0.15, -0.1) is 0 Å². The van der Waals surface area contributed by atoms with E-state index in [-0.39, 0.29) is 6.07 Å². The van der Waals surface area contributed by atoms with Gasteiger partial charge >= 0.3 is 18.3 Å². The van der Waals surface area contributed by atoms with Crippen molar-refractivity contribution in [3.63, 3.8) is 0 Å². The van der Waals surface area contributed by atoms with Crippen LogP contribution in [-0.4, -0.2) is 23.0 Å². The number of esters is 1. The first kappa shape index (κ1) is 19.2. The van der Waals surface area contributed by atoms with Gasteiger partial charge in [-0.1, -0.05) is 0 Å². The van der Waals surface area contributed by atoms with Crippen molar-refractivity contribution < 1.29 is 40.3 Å². The SMILES string of the molecule is COC(=O)c1cc(-c2nc(Br)c(C(F)(F)F)[nH]2)c(F)cc1C(F)(F)F. The molecular formula is C13H6BrF7N2O2. The molecule has 0 bridgehead atoms. The maximum absolute atomic E-state index is 14.0. The van der Waals surface area contributed by atoms with Crippen molar-refractivity contribution in [3.8, 4) is 11.4 Å². The topological polar surface area (TPSA) is 55.0 Å². The van der Waals surface area contributed by atoms with Gasteiger partial charge in [0.25, 0.3) is 0 Å². The summed E-state index contributed by atoms with van der Waals surface area (Å²) >= 11 is 2.53. The third kappa shape index (κ3) is 3.78. The van der Waals surface area contributed by atoms with Crippen molar-refractivity contribution in [3.05, 3.63) is 39.4 Å². The number of methoxy groups -OCH3 is 1. The van der Waals surface area contributed by atoms with Gasteiger partial charge in [-0.2, -0.15) is 26.3 Å². The molecule has 1 heterocycles. The molecule has 136 valence electrons. The first-order chi connectivity index (χ1) is 11.4. The number of alkyl halides is 6. The Morgan fingerprint density at radius 2 is 1.76 bits per heavy atom. The van der Waals surface area contributed by atoms with Gasteiger partial charge in [-0.05, 0) is 28.1 Å². The average molecular weight is 435 g/mol. The fraction of sp³-hybridized carbons (Fsp3) is 0.231. The number of carbonyl (C=O) groups is 1. The van der Waals surface area contributed by atoms with Gasteiger partial charge in [0.05, 0.1) is 23.8 Å². The van der Waals surface area contributed by atoms with Crippen LogP contribution in [-0.2, 0) is 17.1 Å². The molecule has 1 aromatic heterocycles. The van der Waals surface area contributed by atoms with Crippen LogP contribution in [0.3, 0.4) is 0 Å². The van der Waals surface area contributed by atoms with E-state index in [2.05, 4.69) is 25.7 Å². The molecule has 2 rings (SSSR count). The first-order valence-electron chi connectivity index (χ1n) is 6.18. The number of nitrogens with one attached hydrogen (secondary N) is 1. The zero-order valence-electron chi connectivity index (χ0n) is 11.9. The quantitative estimate of drug-likeness (QED) is 0.545. The monoisotopic (exact) mass is 434 g/mol. The summed E-state index contributed by atoms with van der Waals surface area (Å²) < 4.78 is 94.6. The second-order valence-corrected chi connectivity index (χ2v) is 5.37. The highest BCUT2D eigenvalue weighted by molar-refractivity contribution is 9.10. The van der Waals surface area contributed by atoms with E-state index in [0.29, 0.717) is 6.07 Å². The number of H-pyrrole nitrogens is 1. The average Bonchev–Trinajstić information content (AvgIpc) is 2.87. The predicted octanol–water partition coefficient (Wildman–Crippen LogP) is 4.80. The molecule has 0 unspecified atom stereocenters. The summed E-state index contributed by atoms with van der Waals surface area (Å²) in [5.74, 6) is -3.67. The zero-order chi connectivity index (χ0) is 19.2. The smallest absolute Gasteiger partial charge is 0.433 e. The number of hydrogen-bond acceptors (Lipinski definition) is 3. The fourth-order valence-corrected chi connectivity index (χ4v) is 2.44. The van der Waals surface area contributed by atoms with Gasteiger partial charge in [-0.3, -0.25) is 0 Å². The van der Waals surface area contributed by atoms with Crippen molar-refractivity contribution in [2.45, 2.75) is 12.4 Å². The highest BCUT2D eigenvalue weighted by Gasteiger charge is 2.39. The van der Waals surface area contributed by atoms with E-state index >= 15 is 0 Å². The lowest BCUT2D eigenvalue weighted by Gasteiger charge is -2.13. The van der Waals surface area contributed by atoms with Crippen LogP contribution < -0.4 is 0 Å². The minimum Gasteiger partial charge on any atom is -0.465 e.